The summed E-state index contributed by atoms with van der Waals surface area (Å²) in [5.41, 5.74) is 0. The Morgan fingerprint density at radius 3 is 2.88 bits per heavy atom. The molecule has 3 nitrogen and oxygen atoms in total. The van der Waals surface area contributed by atoms with Gasteiger partial charge < -0.3 is 5.32 Å². The minimum absolute atomic E-state index is 0.172. The van der Waals surface area contributed by atoms with E-state index in [2.05, 4.69) is 10.3 Å². The van der Waals surface area contributed by atoms with Crippen LogP contribution in [0.5, 0.6) is 0 Å². The van der Waals surface area contributed by atoms with E-state index in [0.29, 0.717) is 11.7 Å². The number of anilines is 1. The maximum atomic E-state index is 12.1. The Kier molecular flexibility index (Phi) is 2.39. The quantitative estimate of drug-likeness (QED) is 0.825. The Balaban J connectivity index is 1.66. The van der Waals surface area contributed by atoms with Crippen LogP contribution in [0.2, 0.25) is 0 Å². The van der Waals surface area contributed by atoms with Crippen molar-refractivity contribution in [1.29, 1.82) is 0 Å². The lowest BCUT2D eigenvalue weighted by molar-refractivity contribution is -0.121. The molecular formula is C13H16N2O. The molecule has 1 aromatic rings. The number of nitrogens with zero attached hydrogens (tertiary/aromatic N) is 1. The van der Waals surface area contributed by atoms with Crippen LogP contribution >= 0.6 is 0 Å². The molecule has 2 aliphatic carbocycles. The molecule has 3 heteroatoms. The van der Waals surface area contributed by atoms with E-state index in [1.165, 1.54) is 19.3 Å². The van der Waals surface area contributed by atoms with E-state index in [9.17, 15) is 4.79 Å². The van der Waals surface area contributed by atoms with Crippen molar-refractivity contribution in [3.63, 3.8) is 0 Å². The van der Waals surface area contributed by atoms with Crippen LogP contribution in [0.1, 0.15) is 25.7 Å². The van der Waals surface area contributed by atoms with Crippen LogP contribution in [0, 0.1) is 17.8 Å². The minimum atomic E-state index is 0.172. The van der Waals surface area contributed by atoms with Gasteiger partial charge in [-0.15, -0.1) is 0 Å². The van der Waals surface area contributed by atoms with Gasteiger partial charge in [0.25, 0.3) is 0 Å². The predicted molar refractivity (Wildman–Crippen MR) is 61.8 cm³/mol. The number of aromatic nitrogens is 1. The number of hydrogen-bond acceptors (Lipinski definition) is 2. The summed E-state index contributed by atoms with van der Waals surface area (Å²) in [5.74, 6) is 2.53. The molecule has 2 saturated carbocycles. The van der Waals surface area contributed by atoms with Gasteiger partial charge in [0.1, 0.15) is 5.82 Å². The van der Waals surface area contributed by atoms with Gasteiger partial charge in [-0.05, 0) is 43.2 Å². The highest BCUT2D eigenvalue weighted by atomic mass is 16.2. The zero-order valence-corrected chi connectivity index (χ0v) is 9.23. The molecule has 2 bridgehead atoms. The van der Waals surface area contributed by atoms with Gasteiger partial charge in [-0.1, -0.05) is 12.5 Å². The Hall–Kier alpha value is -1.38. The number of carbonyl (C=O) groups excluding carboxylic acids is 1. The number of amides is 1. The lowest BCUT2D eigenvalue weighted by Gasteiger charge is -2.20. The Bertz CT molecular complexity index is 390. The summed E-state index contributed by atoms with van der Waals surface area (Å²) in [6.45, 7) is 0. The molecular weight excluding hydrogens is 200 g/mol. The predicted octanol–water partition coefficient (Wildman–Crippen LogP) is 2.46. The maximum absolute atomic E-state index is 12.1. The van der Waals surface area contributed by atoms with Crippen molar-refractivity contribution in [2.45, 2.75) is 25.7 Å². The first-order valence-electron chi connectivity index (χ1n) is 6.05. The van der Waals surface area contributed by atoms with Crippen LogP contribution in [0.15, 0.2) is 24.4 Å². The molecule has 1 heterocycles. The summed E-state index contributed by atoms with van der Waals surface area (Å²) in [6, 6.07) is 5.59. The van der Waals surface area contributed by atoms with Gasteiger partial charge in [-0.3, -0.25) is 4.79 Å². The first-order valence-corrected chi connectivity index (χ1v) is 6.05. The van der Waals surface area contributed by atoms with Crippen LogP contribution in [-0.4, -0.2) is 10.9 Å². The van der Waals surface area contributed by atoms with Crippen molar-refractivity contribution >= 4 is 11.7 Å². The summed E-state index contributed by atoms with van der Waals surface area (Å²) in [6.07, 6.45) is 6.63. The molecule has 0 aromatic carbocycles. The summed E-state index contributed by atoms with van der Waals surface area (Å²) < 4.78 is 0. The average Bonchev–Trinajstić information content (AvgIpc) is 2.92. The number of rotatable bonds is 2. The van der Waals surface area contributed by atoms with E-state index >= 15 is 0 Å². The SMILES string of the molecule is O=C(Nc1ccccn1)[C@H]1C[C@H]2CC[C@@H]1C2. The molecule has 3 atom stereocenters. The van der Waals surface area contributed by atoms with Gasteiger partial charge in [-0.25, -0.2) is 4.98 Å². The van der Waals surface area contributed by atoms with E-state index in [4.69, 9.17) is 0 Å². The van der Waals surface area contributed by atoms with E-state index in [1.807, 2.05) is 18.2 Å². The van der Waals surface area contributed by atoms with Gasteiger partial charge in [0, 0.05) is 12.1 Å². The third kappa shape index (κ3) is 1.70. The molecule has 0 unspecified atom stereocenters. The third-order valence-electron chi connectivity index (χ3n) is 3.99. The maximum Gasteiger partial charge on any atom is 0.228 e. The van der Waals surface area contributed by atoms with E-state index in [1.54, 1.807) is 6.20 Å². The molecule has 0 spiro atoms. The molecule has 0 saturated heterocycles. The largest absolute Gasteiger partial charge is 0.310 e. The van der Waals surface area contributed by atoms with E-state index in [-0.39, 0.29) is 11.8 Å². The Labute approximate surface area is 95.3 Å². The zero-order valence-electron chi connectivity index (χ0n) is 9.23. The molecule has 0 radical (unpaired) electrons. The van der Waals surface area contributed by atoms with Crippen LogP contribution in [0.4, 0.5) is 5.82 Å². The highest BCUT2D eigenvalue weighted by molar-refractivity contribution is 5.92. The van der Waals surface area contributed by atoms with Crippen molar-refractivity contribution in [2.75, 3.05) is 5.32 Å². The van der Waals surface area contributed by atoms with Crippen LogP contribution < -0.4 is 5.32 Å². The molecule has 16 heavy (non-hydrogen) atoms. The average molecular weight is 216 g/mol. The highest BCUT2D eigenvalue weighted by Crippen LogP contribution is 2.48. The van der Waals surface area contributed by atoms with Crippen molar-refractivity contribution in [1.82, 2.24) is 4.98 Å². The Morgan fingerprint density at radius 2 is 2.25 bits per heavy atom. The first kappa shape index (κ1) is 9.82. The molecule has 3 rings (SSSR count). The first-order chi connectivity index (χ1) is 7.83. The molecule has 84 valence electrons. The van der Waals surface area contributed by atoms with Gasteiger partial charge in [0.05, 0.1) is 0 Å². The summed E-state index contributed by atoms with van der Waals surface area (Å²) >= 11 is 0. The van der Waals surface area contributed by atoms with Crippen molar-refractivity contribution in [3.05, 3.63) is 24.4 Å². The standard InChI is InChI=1S/C13H16N2O/c16-13(15-12-3-1-2-6-14-12)11-8-9-4-5-10(11)7-9/h1-3,6,9-11H,4-5,7-8H2,(H,14,15,16)/t9-,10+,11-/m0/s1. The zero-order chi connectivity index (χ0) is 11.0. The monoisotopic (exact) mass is 216 g/mol. The van der Waals surface area contributed by atoms with Gasteiger partial charge >= 0.3 is 0 Å². The van der Waals surface area contributed by atoms with Crippen LogP contribution in [-0.2, 0) is 4.79 Å². The summed E-state index contributed by atoms with van der Waals surface area (Å²) in [5, 5.41) is 2.92. The van der Waals surface area contributed by atoms with E-state index in [0.717, 1.165) is 12.3 Å². The minimum Gasteiger partial charge on any atom is -0.310 e. The second kappa shape index (κ2) is 3.89. The smallest absolute Gasteiger partial charge is 0.228 e. The fourth-order valence-corrected chi connectivity index (χ4v) is 3.22. The second-order valence-corrected chi connectivity index (χ2v) is 4.99. The molecule has 2 aliphatic rings. The number of hydrogen-bond donors (Lipinski definition) is 1. The van der Waals surface area contributed by atoms with Gasteiger partial charge in [0.15, 0.2) is 0 Å². The van der Waals surface area contributed by atoms with E-state index < -0.39 is 0 Å². The van der Waals surface area contributed by atoms with Crippen LogP contribution in [0.3, 0.4) is 0 Å². The fourth-order valence-electron chi connectivity index (χ4n) is 3.22. The topological polar surface area (TPSA) is 42.0 Å². The lowest BCUT2D eigenvalue weighted by atomic mass is 9.88. The summed E-state index contributed by atoms with van der Waals surface area (Å²) in [7, 11) is 0. The van der Waals surface area contributed by atoms with Crippen molar-refractivity contribution in [3.8, 4) is 0 Å². The van der Waals surface area contributed by atoms with Gasteiger partial charge in [-0.2, -0.15) is 0 Å². The number of nitrogens with one attached hydrogen (secondary N) is 1. The highest BCUT2D eigenvalue weighted by Gasteiger charge is 2.43. The normalized spacial score (nSPS) is 31.6. The molecule has 1 aromatic heterocycles. The lowest BCUT2D eigenvalue weighted by Crippen LogP contribution is -2.27. The molecule has 1 amide bonds. The number of fused-ring (bicyclic) bond motifs is 2. The molecule has 1 N–H and O–H groups in total. The van der Waals surface area contributed by atoms with Crippen molar-refractivity contribution in [2.24, 2.45) is 17.8 Å². The third-order valence-corrected chi connectivity index (χ3v) is 3.99. The van der Waals surface area contributed by atoms with Gasteiger partial charge in [0.2, 0.25) is 5.91 Å². The van der Waals surface area contributed by atoms with Crippen molar-refractivity contribution < 1.29 is 4.79 Å². The number of pyridine rings is 1. The fraction of sp³-hybridized carbons (Fsp3) is 0.538. The van der Waals surface area contributed by atoms with Crippen LogP contribution in [0.25, 0.3) is 0 Å². The molecule has 2 fully saturated rings. The second-order valence-electron chi connectivity index (χ2n) is 4.99. The Morgan fingerprint density at radius 1 is 1.31 bits per heavy atom. The molecule has 0 aliphatic heterocycles. The summed E-state index contributed by atoms with van der Waals surface area (Å²) in [4.78, 5) is 16.2. The number of carbonyl (C=O) groups is 1.